The van der Waals surface area contributed by atoms with Gasteiger partial charge in [0.25, 0.3) is 0 Å². The van der Waals surface area contributed by atoms with Gasteiger partial charge in [-0.1, -0.05) is 29.8 Å². The van der Waals surface area contributed by atoms with Crippen LogP contribution in [-0.4, -0.2) is 53.7 Å². The molecule has 2 heterocycles. The summed E-state index contributed by atoms with van der Waals surface area (Å²) in [5.41, 5.74) is 0.914. The summed E-state index contributed by atoms with van der Waals surface area (Å²) in [5.74, 6) is 0.783. The molecule has 6 nitrogen and oxygen atoms in total. The van der Waals surface area contributed by atoms with Crippen LogP contribution in [0.5, 0.6) is 0 Å². The number of amides is 3. The van der Waals surface area contributed by atoms with Crippen molar-refractivity contribution in [3.63, 3.8) is 0 Å². The number of carbonyl (C=O) groups is 3. The zero-order chi connectivity index (χ0) is 21.3. The number of nitrogens with one attached hydrogen (secondary N) is 1. The number of piperidine rings is 1. The maximum atomic E-state index is 12.6. The van der Waals surface area contributed by atoms with Gasteiger partial charge in [0.15, 0.2) is 0 Å². The Morgan fingerprint density at radius 2 is 1.97 bits per heavy atom. The van der Waals surface area contributed by atoms with Crippen LogP contribution in [0.4, 0.5) is 0 Å². The molecule has 0 radical (unpaired) electrons. The SMILES string of the molecule is O=C(CC[C@@H]1CCCN(C(=O)CCCN2CCCC2=O)C1)NCc1ccccc1Cl. The number of halogens is 1. The third kappa shape index (κ3) is 6.73. The maximum Gasteiger partial charge on any atom is 0.222 e. The number of carbonyl (C=O) groups excluding carboxylic acids is 3. The lowest BCUT2D eigenvalue weighted by Crippen LogP contribution is -2.40. The number of hydrogen-bond acceptors (Lipinski definition) is 3. The molecule has 0 spiro atoms. The highest BCUT2D eigenvalue weighted by atomic mass is 35.5. The molecule has 3 amide bonds. The molecular formula is C23H32ClN3O3. The fourth-order valence-electron chi connectivity index (χ4n) is 4.31. The molecule has 0 bridgehead atoms. The lowest BCUT2D eigenvalue weighted by molar-refractivity contribution is -0.134. The first-order chi connectivity index (χ1) is 14.5. The van der Waals surface area contributed by atoms with E-state index in [1.165, 1.54) is 0 Å². The molecule has 3 rings (SSSR count). The largest absolute Gasteiger partial charge is 0.352 e. The van der Waals surface area contributed by atoms with E-state index in [0.717, 1.165) is 57.3 Å². The van der Waals surface area contributed by atoms with Gasteiger partial charge in [0.1, 0.15) is 0 Å². The van der Waals surface area contributed by atoms with Crippen molar-refractivity contribution < 1.29 is 14.4 Å². The zero-order valence-electron chi connectivity index (χ0n) is 17.6. The molecule has 1 aromatic carbocycles. The topological polar surface area (TPSA) is 69.7 Å². The van der Waals surface area contributed by atoms with Gasteiger partial charge in [0.05, 0.1) is 0 Å². The predicted molar refractivity (Wildman–Crippen MR) is 117 cm³/mol. The molecule has 1 aromatic rings. The van der Waals surface area contributed by atoms with E-state index >= 15 is 0 Å². The van der Waals surface area contributed by atoms with E-state index in [2.05, 4.69) is 5.32 Å². The summed E-state index contributed by atoms with van der Waals surface area (Å²) in [6.07, 6.45) is 6.12. The molecule has 30 heavy (non-hydrogen) atoms. The summed E-state index contributed by atoms with van der Waals surface area (Å²) >= 11 is 6.12. The summed E-state index contributed by atoms with van der Waals surface area (Å²) in [5, 5.41) is 3.60. The summed E-state index contributed by atoms with van der Waals surface area (Å²) < 4.78 is 0. The highest BCUT2D eigenvalue weighted by Gasteiger charge is 2.25. The molecule has 0 aliphatic carbocycles. The summed E-state index contributed by atoms with van der Waals surface area (Å²) in [6.45, 7) is 3.49. The summed E-state index contributed by atoms with van der Waals surface area (Å²) in [4.78, 5) is 40.2. The van der Waals surface area contributed by atoms with Gasteiger partial charge >= 0.3 is 0 Å². The Balaban J connectivity index is 1.33. The van der Waals surface area contributed by atoms with Gasteiger partial charge in [-0.2, -0.15) is 0 Å². The maximum absolute atomic E-state index is 12.6. The van der Waals surface area contributed by atoms with E-state index in [4.69, 9.17) is 11.6 Å². The van der Waals surface area contributed by atoms with Crippen LogP contribution in [0.2, 0.25) is 5.02 Å². The molecule has 2 saturated heterocycles. The minimum Gasteiger partial charge on any atom is -0.352 e. The van der Waals surface area contributed by atoms with Crippen LogP contribution in [0.1, 0.15) is 56.9 Å². The Kier molecular flexibility index (Phi) is 8.55. The zero-order valence-corrected chi connectivity index (χ0v) is 18.3. The molecule has 1 atom stereocenters. The monoisotopic (exact) mass is 433 g/mol. The second-order valence-electron chi connectivity index (χ2n) is 8.34. The minimum absolute atomic E-state index is 0.0219. The van der Waals surface area contributed by atoms with Crippen LogP contribution >= 0.6 is 11.6 Å². The van der Waals surface area contributed by atoms with E-state index in [1.807, 2.05) is 34.1 Å². The molecule has 2 fully saturated rings. The molecule has 2 aliphatic heterocycles. The van der Waals surface area contributed by atoms with Crippen LogP contribution in [0, 0.1) is 5.92 Å². The van der Waals surface area contributed by atoms with Gasteiger partial charge in [-0.3, -0.25) is 14.4 Å². The summed E-state index contributed by atoms with van der Waals surface area (Å²) in [7, 11) is 0. The highest BCUT2D eigenvalue weighted by molar-refractivity contribution is 6.31. The summed E-state index contributed by atoms with van der Waals surface area (Å²) in [6, 6.07) is 7.51. The third-order valence-electron chi connectivity index (χ3n) is 6.08. The Hall–Kier alpha value is -2.08. The van der Waals surface area contributed by atoms with E-state index in [-0.39, 0.29) is 17.7 Å². The van der Waals surface area contributed by atoms with E-state index < -0.39 is 0 Å². The van der Waals surface area contributed by atoms with Crippen molar-refractivity contribution in [2.45, 2.75) is 57.9 Å². The molecule has 0 saturated carbocycles. The Labute approximate surface area is 183 Å². The lowest BCUT2D eigenvalue weighted by Gasteiger charge is -2.33. The Morgan fingerprint density at radius 3 is 2.73 bits per heavy atom. The van der Waals surface area contributed by atoms with Crippen molar-refractivity contribution in [2.24, 2.45) is 5.92 Å². The van der Waals surface area contributed by atoms with Crippen LogP contribution in [-0.2, 0) is 20.9 Å². The molecule has 0 unspecified atom stereocenters. The van der Waals surface area contributed by atoms with Gasteiger partial charge in [0.2, 0.25) is 17.7 Å². The van der Waals surface area contributed by atoms with Crippen molar-refractivity contribution >= 4 is 29.3 Å². The molecule has 164 valence electrons. The number of rotatable bonds is 9. The second-order valence-corrected chi connectivity index (χ2v) is 8.75. The first kappa shape index (κ1) is 22.6. The Morgan fingerprint density at radius 1 is 1.13 bits per heavy atom. The molecule has 0 aromatic heterocycles. The van der Waals surface area contributed by atoms with E-state index in [0.29, 0.717) is 43.3 Å². The molecule has 1 N–H and O–H groups in total. The average Bonchev–Trinajstić information content (AvgIpc) is 3.16. The van der Waals surface area contributed by atoms with E-state index in [9.17, 15) is 14.4 Å². The lowest BCUT2D eigenvalue weighted by atomic mass is 9.93. The van der Waals surface area contributed by atoms with Crippen molar-refractivity contribution in [2.75, 3.05) is 26.2 Å². The standard InChI is InChI=1S/C23H32ClN3O3/c24-20-8-2-1-7-19(20)16-25-21(28)12-11-18-6-3-15-27(17-18)23(30)10-5-14-26-13-4-9-22(26)29/h1-2,7-8,18H,3-6,9-17H2,(H,25,28)/t18-/m0/s1. The Bertz CT molecular complexity index is 755. The fraction of sp³-hybridized carbons (Fsp3) is 0.609. The van der Waals surface area contributed by atoms with Gasteiger partial charge in [0, 0.05) is 57.0 Å². The number of benzene rings is 1. The fourth-order valence-corrected chi connectivity index (χ4v) is 4.51. The smallest absolute Gasteiger partial charge is 0.222 e. The van der Waals surface area contributed by atoms with Crippen LogP contribution in [0.15, 0.2) is 24.3 Å². The van der Waals surface area contributed by atoms with Gasteiger partial charge in [-0.15, -0.1) is 0 Å². The van der Waals surface area contributed by atoms with Gasteiger partial charge in [-0.05, 0) is 49.7 Å². The van der Waals surface area contributed by atoms with Crippen LogP contribution in [0.3, 0.4) is 0 Å². The van der Waals surface area contributed by atoms with Crippen LogP contribution < -0.4 is 5.32 Å². The first-order valence-corrected chi connectivity index (χ1v) is 11.5. The van der Waals surface area contributed by atoms with Crippen molar-refractivity contribution in [3.05, 3.63) is 34.9 Å². The molecule has 2 aliphatic rings. The molecular weight excluding hydrogens is 402 g/mol. The highest BCUT2D eigenvalue weighted by Crippen LogP contribution is 2.22. The number of nitrogens with zero attached hydrogens (tertiary/aromatic N) is 2. The van der Waals surface area contributed by atoms with Gasteiger partial charge in [-0.25, -0.2) is 0 Å². The third-order valence-corrected chi connectivity index (χ3v) is 6.44. The average molecular weight is 434 g/mol. The van der Waals surface area contributed by atoms with Crippen molar-refractivity contribution in [3.8, 4) is 0 Å². The van der Waals surface area contributed by atoms with E-state index in [1.54, 1.807) is 0 Å². The van der Waals surface area contributed by atoms with Crippen LogP contribution in [0.25, 0.3) is 0 Å². The van der Waals surface area contributed by atoms with Gasteiger partial charge < -0.3 is 15.1 Å². The normalized spacial score (nSPS) is 19.2. The molecule has 7 heteroatoms. The second kappa shape index (κ2) is 11.3. The predicted octanol–water partition coefficient (Wildman–Crippen LogP) is 3.38. The van der Waals surface area contributed by atoms with Crippen molar-refractivity contribution in [1.29, 1.82) is 0 Å². The minimum atomic E-state index is 0.0219. The number of likely N-dealkylation sites (tertiary alicyclic amines) is 2. The van der Waals surface area contributed by atoms with Crippen molar-refractivity contribution in [1.82, 2.24) is 15.1 Å². The first-order valence-electron chi connectivity index (χ1n) is 11.1. The number of hydrogen-bond donors (Lipinski definition) is 1. The quantitative estimate of drug-likeness (QED) is 0.649.